The molecule has 0 saturated carbocycles. The summed E-state index contributed by atoms with van der Waals surface area (Å²) in [6.07, 6.45) is 0.439. The number of hydrogen-bond acceptors (Lipinski definition) is 5. The average molecular weight is 359 g/mol. The van der Waals surface area contributed by atoms with Crippen LogP contribution in [-0.2, 0) is 11.2 Å². The third kappa shape index (κ3) is 5.33. The second-order valence-corrected chi connectivity index (χ2v) is 6.17. The van der Waals surface area contributed by atoms with E-state index >= 15 is 0 Å². The van der Waals surface area contributed by atoms with E-state index in [9.17, 15) is 4.79 Å². The molecule has 0 saturated heterocycles. The van der Waals surface area contributed by atoms with Crippen LogP contribution in [0.1, 0.15) is 12.5 Å². The molecule has 5 heteroatoms. The van der Waals surface area contributed by atoms with Gasteiger partial charge in [-0.2, -0.15) is 5.11 Å². The van der Waals surface area contributed by atoms with Crippen molar-refractivity contribution < 1.29 is 9.53 Å². The maximum absolute atomic E-state index is 11.5. The Kier molecular flexibility index (Phi) is 6.07. The van der Waals surface area contributed by atoms with Gasteiger partial charge in [-0.3, -0.25) is 4.79 Å². The average Bonchev–Trinajstić information content (AvgIpc) is 2.69. The van der Waals surface area contributed by atoms with Gasteiger partial charge in [0.1, 0.15) is 17.2 Å². The van der Waals surface area contributed by atoms with Crippen molar-refractivity contribution in [3.8, 4) is 11.5 Å². The van der Waals surface area contributed by atoms with E-state index in [1.54, 1.807) is 0 Å². The fraction of sp³-hybridized carbons (Fsp3) is 0.136. The fourth-order valence-electron chi connectivity index (χ4n) is 2.47. The van der Waals surface area contributed by atoms with E-state index in [-0.39, 0.29) is 5.78 Å². The molecular formula is C22H21N3O2. The van der Waals surface area contributed by atoms with Crippen molar-refractivity contribution >= 4 is 17.2 Å². The minimum absolute atomic E-state index is 0.0490. The van der Waals surface area contributed by atoms with Crippen molar-refractivity contribution in [2.24, 2.45) is 16.0 Å². The van der Waals surface area contributed by atoms with Gasteiger partial charge in [-0.25, -0.2) is 0 Å². The summed E-state index contributed by atoms with van der Waals surface area (Å²) in [5.74, 6) is 1.25. The monoisotopic (exact) mass is 359 g/mol. The highest BCUT2D eigenvalue weighted by Crippen LogP contribution is 2.34. The quantitative estimate of drug-likeness (QED) is 0.577. The number of azo groups is 1. The second kappa shape index (κ2) is 8.87. The number of para-hydroxylation sites is 1. The zero-order valence-corrected chi connectivity index (χ0v) is 15.1. The van der Waals surface area contributed by atoms with Crippen molar-refractivity contribution in [1.29, 1.82) is 0 Å². The number of nitrogens with two attached hydrogens (primary N) is 1. The van der Waals surface area contributed by atoms with Gasteiger partial charge in [0, 0.05) is 0 Å². The van der Waals surface area contributed by atoms with Crippen LogP contribution in [-0.4, -0.2) is 11.8 Å². The molecule has 0 aliphatic carbocycles. The first kappa shape index (κ1) is 18.5. The van der Waals surface area contributed by atoms with Crippen LogP contribution in [0.2, 0.25) is 0 Å². The van der Waals surface area contributed by atoms with E-state index in [1.807, 2.05) is 78.9 Å². The smallest absolute Gasteiger partial charge is 0.154 e. The zero-order valence-electron chi connectivity index (χ0n) is 15.1. The van der Waals surface area contributed by atoms with Gasteiger partial charge in [0.05, 0.1) is 11.7 Å². The van der Waals surface area contributed by atoms with Crippen LogP contribution < -0.4 is 10.5 Å². The van der Waals surface area contributed by atoms with Gasteiger partial charge < -0.3 is 10.5 Å². The molecule has 3 aromatic carbocycles. The summed E-state index contributed by atoms with van der Waals surface area (Å²) < 4.78 is 5.95. The van der Waals surface area contributed by atoms with Crippen molar-refractivity contribution in [3.63, 3.8) is 0 Å². The lowest BCUT2D eigenvalue weighted by Gasteiger charge is -2.12. The van der Waals surface area contributed by atoms with Crippen LogP contribution >= 0.6 is 0 Å². The van der Waals surface area contributed by atoms with Gasteiger partial charge in [-0.05, 0) is 55.3 Å². The molecule has 27 heavy (non-hydrogen) atoms. The van der Waals surface area contributed by atoms with Gasteiger partial charge in [0.15, 0.2) is 5.75 Å². The highest BCUT2D eigenvalue weighted by Gasteiger charge is 2.12. The van der Waals surface area contributed by atoms with Crippen molar-refractivity contribution in [2.75, 3.05) is 0 Å². The number of benzene rings is 3. The Hall–Kier alpha value is -3.31. The summed E-state index contributed by atoms with van der Waals surface area (Å²) in [4.78, 5) is 11.5. The number of Topliss-reactive ketones (excluding diaryl/α,β-unsaturated/α-hetero) is 1. The first-order valence-electron chi connectivity index (χ1n) is 8.70. The predicted octanol–water partition coefficient (Wildman–Crippen LogP) is 5.35. The Bertz CT molecular complexity index is 925. The molecule has 5 nitrogen and oxygen atoms in total. The van der Waals surface area contributed by atoms with Crippen LogP contribution in [0.4, 0.5) is 11.4 Å². The Morgan fingerprint density at radius 1 is 0.963 bits per heavy atom. The highest BCUT2D eigenvalue weighted by molar-refractivity contribution is 5.81. The van der Waals surface area contributed by atoms with Crippen LogP contribution in [0, 0.1) is 0 Å². The lowest BCUT2D eigenvalue weighted by molar-refractivity contribution is -0.118. The summed E-state index contributed by atoms with van der Waals surface area (Å²) >= 11 is 0. The normalized spacial score (nSPS) is 12.1. The molecule has 0 aliphatic rings. The lowest BCUT2D eigenvalue weighted by Crippen LogP contribution is -2.30. The van der Waals surface area contributed by atoms with E-state index in [0.717, 1.165) is 11.3 Å². The fourth-order valence-corrected chi connectivity index (χ4v) is 2.47. The molecular weight excluding hydrogens is 338 g/mol. The van der Waals surface area contributed by atoms with Gasteiger partial charge in [0.25, 0.3) is 0 Å². The van der Waals surface area contributed by atoms with Gasteiger partial charge >= 0.3 is 0 Å². The van der Waals surface area contributed by atoms with E-state index in [2.05, 4.69) is 10.2 Å². The number of rotatable bonds is 7. The molecule has 3 aromatic rings. The summed E-state index contributed by atoms with van der Waals surface area (Å²) in [5.41, 5.74) is 8.12. The maximum atomic E-state index is 11.5. The Morgan fingerprint density at radius 3 is 2.30 bits per heavy atom. The largest absolute Gasteiger partial charge is 0.455 e. The van der Waals surface area contributed by atoms with Crippen LogP contribution in [0.25, 0.3) is 0 Å². The minimum atomic E-state index is -0.537. The maximum Gasteiger partial charge on any atom is 0.154 e. The Balaban J connectivity index is 1.91. The number of carbonyl (C=O) groups is 1. The summed E-state index contributed by atoms with van der Waals surface area (Å²) in [6, 6.07) is 24.0. The topological polar surface area (TPSA) is 77.0 Å². The standard InChI is InChI=1S/C22H21N3O2/c1-16(26)20(23)14-17-12-13-22(27-19-10-6-3-7-11-19)21(15-17)25-24-18-8-4-2-5-9-18/h2-13,15,20H,14,23H2,1H3. The highest BCUT2D eigenvalue weighted by atomic mass is 16.5. The molecule has 0 bridgehead atoms. The third-order valence-electron chi connectivity index (χ3n) is 4.00. The molecule has 2 N–H and O–H groups in total. The molecule has 136 valence electrons. The molecule has 1 atom stereocenters. The first-order valence-corrected chi connectivity index (χ1v) is 8.70. The first-order chi connectivity index (χ1) is 13.1. The molecule has 0 heterocycles. The number of nitrogens with zero attached hydrogens (tertiary/aromatic N) is 2. The molecule has 0 amide bonds. The number of ether oxygens (including phenoxy) is 1. The van der Waals surface area contributed by atoms with Gasteiger partial charge in [-0.1, -0.05) is 42.5 Å². The van der Waals surface area contributed by atoms with Crippen LogP contribution in [0.3, 0.4) is 0 Å². The lowest BCUT2D eigenvalue weighted by atomic mass is 10.0. The predicted molar refractivity (Wildman–Crippen MR) is 106 cm³/mol. The number of hydrogen-bond donors (Lipinski definition) is 1. The van der Waals surface area contributed by atoms with Gasteiger partial charge in [-0.15, -0.1) is 5.11 Å². The van der Waals surface area contributed by atoms with E-state index in [0.29, 0.717) is 23.6 Å². The molecule has 1 unspecified atom stereocenters. The second-order valence-electron chi connectivity index (χ2n) is 6.17. The van der Waals surface area contributed by atoms with Gasteiger partial charge in [0.2, 0.25) is 0 Å². The van der Waals surface area contributed by atoms with E-state index in [4.69, 9.17) is 10.5 Å². The minimum Gasteiger partial charge on any atom is -0.455 e. The summed E-state index contributed by atoms with van der Waals surface area (Å²) in [5, 5.41) is 8.64. The van der Waals surface area contributed by atoms with Crippen LogP contribution in [0.5, 0.6) is 11.5 Å². The number of carbonyl (C=O) groups excluding carboxylic acids is 1. The molecule has 0 aromatic heterocycles. The summed E-state index contributed by atoms with van der Waals surface area (Å²) in [6.45, 7) is 1.49. The molecule has 3 rings (SSSR count). The molecule has 0 spiro atoms. The van der Waals surface area contributed by atoms with E-state index in [1.165, 1.54) is 6.92 Å². The van der Waals surface area contributed by atoms with E-state index < -0.39 is 6.04 Å². The van der Waals surface area contributed by atoms with Crippen molar-refractivity contribution in [1.82, 2.24) is 0 Å². The SMILES string of the molecule is CC(=O)C(N)Cc1ccc(Oc2ccccc2)c(N=Nc2ccccc2)c1. The van der Waals surface area contributed by atoms with Crippen LogP contribution in [0.15, 0.2) is 89.1 Å². The van der Waals surface area contributed by atoms with Crippen molar-refractivity contribution in [3.05, 3.63) is 84.4 Å². The zero-order chi connectivity index (χ0) is 19.1. The summed E-state index contributed by atoms with van der Waals surface area (Å²) in [7, 11) is 0. The molecule has 0 radical (unpaired) electrons. The molecule has 0 aliphatic heterocycles. The Labute approximate surface area is 158 Å². The third-order valence-corrected chi connectivity index (χ3v) is 4.00. The Morgan fingerprint density at radius 2 is 1.63 bits per heavy atom. The number of ketones is 1. The van der Waals surface area contributed by atoms with Crippen molar-refractivity contribution in [2.45, 2.75) is 19.4 Å². The molecule has 0 fully saturated rings.